The first-order valence-corrected chi connectivity index (χ1v) is 5.28. The second kappa shape index (κ2) is 12.4. The third-order valence-electron chi connectivity index (χ3n) is 2.33. The van der Waals surface area contributed by atoms with Gasteiger partial charge >= 0.3 is 23.1 Å². The number of unbranched alkanes of at least 4 members (excludes halogenated alkanes) is 1. The van der Waals surface area contributed by atoms with Gasteiger partial charge in [0.2, 0.25) is 0 Å². The smallest absolute Gasteiger partial charge is 0.303 e. The Hall–Kier alpha value is 0.436. The molecule has 0 N–H and O–H groups in total. The normalized spacial score (nSPS) is 9.77. The van der Waals surface area contributed by atoms with Crippen molar-refractivity contribution in [3.05, 3.63) is 0 Å². The highest BCUT2D eigenvalue weighted by Gasteiger charge is 2.05. The van der Waals surface area contributed by atoms with Crippen LogP contribution >= 0.6 is 0 Å². The van der Waals surface area contributed by atoms with E-state index in [2.05, 4.69) is 13.8 Å². The maximum absolute atomic E-state index is 10.1. The Morgan fingerprint density at radius 2 is 1.62 bits per heavy atom. The topological polar surface area (TPSA) is 17.1 Å². The lowest BCUT2D eigenvalue weighted by Crippen LogP contribution is -1.99. The average Bonchev–Trinajstić information content (AvgIpc) is 2.06. The summed E-state index contributed by atoms with van der Waals surface area (Å²) in [6.07, 6.45) is 9.38. The van der Waals surface area contributed by atoms with Crippen molar-refractivity contribution in [2.75, 3.05) is 0 Å². The summed E-state index contributed by atoms with van der Waals surface area (Å²) < 4.78 is 0. The molecule has 0 heterocycles. The molecule has 0 amide bonds. The lowest BCUT2D eigenvalue weighted by atomic mass is 9.93. The van der Waals surface area contributed by atoms with Gasteiger partial charge in [0, 0.05) is 6.42 Å². The van der Waals surface area contributed by atoms with Crippen LogP contribution in [0.2, 0.25) is 0 Å². The van der Waals surface area contributed by atoms with Crippen molar-refractivity contribution in [1.82, 2.24) is 0 Å². The molecule has 0 spiro atoms. The minimum atomic E-state index is 0. The van der Waals surface area contributed by atoms with Crippen LogP contribution in [0.1, 0.15) is 58.8 Å². The Kier molecular flexibility index (Phi) is 15.2. The van der Waals surface area contributed by atoms with E-state index in [-0.39, 0.29) is 23.1 Å². The van der Waals surface area contributed by atoms with Crippen molar-refractivity contribution in [3.63, 3.8) is 0 Å². The summed E-state index contributed by atoms with van der Waals surface area (Å²) >= 11 is 0. The zero-order valence-corrected chi connectivity index (χ0v) is 8.51. The maximum atomic E-state index is 10.1. The van der Waals surface area contributed by atoms with E-state index in [0.717, 1.165) is 25.0 Å². The zero-order valence-electron chi connectivity index (χ0n) is 8.51. The number of carbonyl (C=O) groups excluding carboxylic acids is 1. The van der Waals surface area contributed by atoms with E-state index in [9.17, 15) is 4.79 Å². The number of aldehydes is 1. The van der Waals surface area contributed by atoms with Crippen LogP contribution in [0.15, 0.2) is 0 Å². The molecule has 0 radical (unpaired) electrons. The zero-order chi connectivity index (χ0) is 9.23. The number of hydrogen-bond acceptors (Lipinski definition) is 1. The standard InChI is InChI=1S/C11H22O.Mg.2H/c1-3-7-11(8-4-2)9-5-6-10-12;;;/h10-11H,3-9H2,1-2H3;;;. The van der Waals surface area contributed by atoms with E-state index in [0.29, 0.717) is 0 Å². The van der Waals surface area contributed by atoms with Gasteiger partial charge in [-0.05, 0) is 12.3 Å². The molecule has 0 aliphatic rings. The molecule has 2 heteroatoms. The van der Waals surface area contributed by atoms with Gasteiger partial charge in [0.25, 0.3) is 0 Å². The molecule has 0 saturated heterocycles. The van der Waals surface area contributed by atoms with Crippen molar-refractivity contribution in [3.8, 4) is 0 Å². The van der Waals surface area contributed by atoms with Crippen LogP contribution in [-0.2, 0) is 4.79 Å². The molecule has 0 aromatic heterocycles. The molecule has 0 aromatic rings. The number of hydrogen-bond donors (Lipinski definition) is 0. The SMILES string of the molecule is CCCC(CCC)CCCC=O.[MgH2]. The third kappa shape index (κ3) is 10.4. The van der Waals surface area contributed by atoms with Gasteiger partial charge in [-0.1, -0.05) is 46.0 Å². The lowest BCUT2D eigenvalue weighted by molar-refractivity contribution is -0.108. The predicted octanol–water partition coefficient (Wildman–Crippen LogP) is 2.66. The summed E-state index contributed by atoms with van der Waals surface area (Å²) in [6.45, 7) is 4.48. The molecule has 0 fully saturated rings. The summed E-state index contributed by atoms with van der Waals surface area (Å²) in [5.74, 6) is 0.875. The van der Waals surface area contributed by atoms with Gasteiger partial charge in [-0.25, -0.2) is 0 Å². The lowest BCUT2D eigenvalue weighted by Gasteiger charge is -2.13. The molecular weight excluding hydrogens is 172 g/mol. The summed E-state index contributed by atoms with van der Waals surface area (Å²) in [4.78, 5) is 10.1. The van der Waals surface area contributed by atoms with Crippen molar-refractivity contribution >= 4 is 29.3 Å². The summed E-state index contributed by atoms with van der Waals surface area (Å²) in [7, 11) is 0. The maximum Gasteiger partial charge on any atom is 0.316 e. The number of carbonyl (C=O) groups is 1. The minimum Gasteiger partial charge on any atom is -0.303 e. The quantitative estimate of drug-likeness (QED) is 0.331. The molecular formula is C11H24MgO. The Morgan fingerprint density at radius 3 is 2.00 bits per heavy atom. The van der Waals surface area contributed by atoms with Gasteiger partial charge in [0.05, 0.1) is 0 Å². The molecule has 0 bridgehead atoms. The second-order valence-corrected chi connectivity index (χ2v) is 3.54. The van der Waals surface area contributed by atoms with E-state index in [1.807, 2.05) is 0 Å². The van der Waals surface area contributed by atoms with Gasteiger partial charge in [-0.2, -0.15) is 0 Å². The van der Waals surface area contributed by atoms with Gasteiger partial charge < -0.3 is 4.79 Å². The predicted molar refractivity (Wildman–Crippen MR) is 61.8 cm³/mol. The van der Waals surface area contributed by atoms with Gasteiger partial charge in [-0.3, -0.25) is 0 Å². The highest BCUT2D eigenvalue weighted by atomic mass is 24.3. The first kappa shape index (κ1) is 15.9. The number of rotatable bonds is 8. The van der Waals surface area contributed by atoms with Crippen LogP contribution in [-0.4, -0.2) is 29.3 Å². The third-order valence-corrected chi connectivity index (χ3v) is 2.33. The molecule has 0 aliphatic heterocycles. The van der Waals surface area contributed by atoms with E-state index < -0.39 is 0 Å². The van der Waals surface area contributed by atoms with Crippen LogP contribution in [0.25, 0.3) is 0 Å². The van der Waals surface area contributed by atoms with Crippen molar-refractivity contribution in [2.24, 2.45) is 5.92 Å². The van der Waals surface area contributed by atoms with E-state index in [4.69, 9.17) is 0 Å². The summed E-state index contributed by atoms with van der Waals surface area (Å²) in [6, 6.07) is 0. The fourth-order valence-corrected chi connectivity index (χ4v) is 1.74. The molecule has 13 heavy (non-hydrogen) atoms. The molecule has 76 valence electrons. The van der Waals surface area contributed by atoms with Crippen LogP contribution in [0.4, 0.5) is 0 Å². The highest BCUT2D eigenvalue weighted by molar-refractivity contribution is 5.75. The van der Waals surface area contributed by atoms with Gasteiger partial charge in [0.15, 0.2) is 0 Å². The van der Waals surface area contributed by atoms with Crippen molar-refractivity contribution in [1.29, 1.82) is 0 Å². The largest absolute Gasteiger partial charge is 0.316 e. The molecule has 1 nitrogen and oxygen atoms in total. The van der Waals surface area contributed by atoms with Crippen LogP contribution in [0.3, 0.4) is 0 Å². The van der Waals surface area contributed by atoms with E-state index in [1.54, 1.807) is 0 Å². The minimum absolute atomic E-state index is 0. The fourth-order valence-electron chi connectivity index (χ4n) is 1.74. The summed E-state index contributed by atoms with van der Waals surface area (Å²) in [5.41, 5.74) is 0. The Bertz CT molecular complexity index is 98.3. The molecule has 0 saturated carbocycles. The first-order valence-electron chi connectivity index (χ1n) is 5.28. The highest BCUT2D eigenvalue weighted by Crippen LogP contribution is 2.19. The molecule has 0 unspecified atom stereocenters. The average molecular weight is 197 g/mol. The monoisotopic (exact) mass is 196 g/mol. The Labute approximate surface area is 98.8 Å². The van der Waals surface area contributed by atoms with Crippen molar-refractivity contribution in [2.45, 2.75) is 58.8 Å². The van der Waals surface area contributed by atoms with E-state index in [1.165, 1.54) is 32.1 Å². The van der Waals surface area contributed by atoms with E-state index >= 15 is 0 Å². The second-order valence-electron chi connectivity index (χ2n) is 3.54. The Morgan fingerprint density at radius 1 is 1.08 bits per heavy atom. The molecule has 0 atom stereocenters. The summed E-state index contributed by atoms with van der Waals surface area (Å²) in [5, 5.41) is 0. The first-order chi connectivity index (χ1) is 5.85. The van der Waals surface area contributed by atoms with Gasteiger partial charge in [-0.15, -0.1) is 0 Å². The van der Waals surface area contributed by atoms with Crippen LogP contribution in [0.5, 0.6) is 0 Å². The fraction of sp³-hybridized carbons (Fsp3) is 0.909. The van der Waals surface area contributed by atoms with Crippen molar-refractivity contribution < 1.29 is 4.79 Å². The molecule has 0 aliphatic carbocycles. The van der Waals surface area contributed by atoms with Gasteiger partial charge in [0.1, 0.15) is 6.29 Å². The van der Waals surface area contributed by atoms with Crippen LogP contribution < -0.4 is 0 Å². The Balaban J connectivity index is 0. The molecule has 0 rings (SSSR count). The van der Waals surface area contributed by atoms with Crippen LogP contribution in [0, 0.1) is 5.92 Å². The molecule has 0 aromatic carbocycles.